The maximum atomic E-state index is 13.4. The summed E-state index contributed by atoms with van der Waals surface area (Å²) < 4.78 is 31.4. The molecule has 0 aromatic heterocycles. The fourth-order valence-electron chi connectivity index (χ4n) is 1.30. The minimum Gasteiger partial charge on any atom is -0.494 e. The van der Waals surface area contributed by atoms with Gasteiger partial charge in [-0.2, -0.15) is 0 Å². The summed E-state index contributed by atoms with van der Waals surface area (Å²) in [5.41, 5.74) is 0.179. The lowest BCUT2D eigenvalue weighted by molar-refractivity contribution is -0.118. The lowest BCUT2D eigenvalue weighted by atomic mass is 10.1. The van der Waals surface area contributed by atoms with Crippen LogP contribution in [0.2, 0.25) is 0 Å². The molecule has 3 nitrogen and oxygen atoms in total. The molecule has 0 spiro atoms. The molecule has 17 heavy (non-hydrogen) atoms. The molecule has 0 aliphatic rings. The summed E-state index contributed by atoms with van der Waals surface area (Å²) in [4.78, 5) is 10.8. The first-order valence-electron chi connectivity index (χ1n) is 4.93. The van der Waals surface area contributed by atoms with Crippen molar-refractivity contribution in [2.45, 2.75) is 6.42 Å². The SMILES string of the molecule is COc1cc(F)c(CCNC(=O)CCl)cc1F. The lowest BCUT2D eigenvalue weighted by Crippen LogP contribution is -2.26. The van der Waals surface area contributed by atoms with Gasteiger partial charge in [-0.3, -0.25) is 4.79 Å². The number of nitrogens with one attached hydrogen (secondary N) is 1. The highest BCUT2D eigenvalue weighted by molar-refractivity contribution is 6.27. The van der Waals surface area contributed by atoms with Crippen molar-refractivity contribution in [1.82, 2.24) is 5.32 Å². The molecule has 0 aliphatic heterocycles. The van der Waals surface area contributed by atoms with Crippen LogP contribution in [0.1, 0.15) is 5.56 Å². The van der Waals surface area contributed by atoms with Gasteiger partial charge in [-0.15, -0.1) is 11.6 Å². The van der Waals surface area contributed by atoms with Gasteiger partial charge in [0.05, 0.1) is 7.11 Å². The first kappa shape index (κ1) is 13.7. The summed E-state index contributed by atoms with van der Waals surface area (Å²) in [6, 6.07) is 2.04. The molecule has 6 heteroatoms. The van der Waals surface area contributed by atoms with E-state index in [4.69, 9.17) is 11.6 Å². The second-order valence-corrected chi connectivity index (χ2v) is 3.58. The molecule has 0 fully saturated rings. The molecule has 1 N–H and O–H groups in total. The molecule has 0 saturated carbocycles. The summed E-state index contributed by atoms with van der Waals surface area (Å²) in [6.07, 6.45) is 0.190. The molecule has 0 atom stereocenters. The van der Waals surface area contributed by atoms with E-state index >= 15 is 0 Å². The molecule has 0 heterocycles. The van der Waals surface area contributed by atoms with E-state index in [0.29, 0.717) is 0 Å². The topological polar surface area (TPSA) is 38.3 Å². The van der Waals surface area contributed by atoms with Crippen molar-refractivity contribution in [3.8, 4) is 5.75 Å². The molecule has 0 saturated heterocycles. The molecule has 1 aromatic carbocycles. The van der Waals surface area contributed by atoms with Crippen LogP contribution in [-0.2, 0) is 11.2 Å². The van der Waals surface area contributed by atoms with Crippen molar-refractivity contribution in [2.75, 3.05) is 19.5 Å². The van der Waals surface area contributed by atoms with E-state index in [2.05, 4.69) is 10.1 Å². The lowest BCUT2D eigenvalue weighted by Gasteiger charge is -2.07. The summed E-state index contributed by atoms with van der Waals surface area (Å²) in [7, 11) is 1.26. The maximum Gasteiger partial charge on any atom is 0.234 e. The molecule has 1 aromatic rings. The van der Waals surface area contributed by atoms with Crippen LogP contribution in [0.4, 0.5) is 8.78 Å². The molecule has 94 valence electrons. The monoisotopic (exact) mass is 263 g/mol. The Morgan fingerprint density at radius 1 is 1.41 bits per heavy atom. The van der Waals surface area contributed by atoms with Gasteiger partial charge in [-0.05, 0) is 18.1 Å². The van der Waals surface area contributed by atoms with Crippen molar-refractivity contribution in [2.24, 2.45) is 0 Å². The third-order valence-electron chi connectivity index (χ3n) is 2.16. The Kier molecular flexibility index (Phi) is 5.15. The average Bonchev–Trinajstić information content (AvgIpc) is 2.32. The number of hydrogen-bond donors (Lipinski definition) is 1. The number of hydrogen-bond acceptors (Lipinski definition) is 2. The Morgan fingerprint density at radius 3 is 2.71 bits per heavy atom. The van der Waals surface area contributed by atoms with E-state index in [1.54, 1.807) is 0 Å². The standard InChI is InChI=1S/C11H12ClF2NO2/c1-17-10-5-8(13)7(4-9(10)14)2-3-15-11(16)6-12/h4-5H,2-3,6H2,1H3,(H,15,16). The van der Waals surface area contributed by atoms with E-state index in [1.807, 2.05) is 0 Å². The van der Waals surface area contributed by atoms with Crippen LogP contribution >= 0.6 is 11.6 Å². The van der Waals surface area contributed by atoms with Gasteiger partial charge in [-0.1, -0.05) is 0 Å². The number of carbonyl (C=O) groups is 1. The van der Waals surface area contributed by atoms with Crippen LogP contribution in [0.25, 0.3) is 0 Å². The number of halogens is 3. The molecule has 0 unspecified atom stereocenters. The van der Waals surface area contributed by atoms with Crippen molar-refractivity contribution in [3.05, 3.63) is 29.3 Å². The number of ether oxygens (including phenoxy) is 1. The zero-order valence-electron chi connectivity index (χ0n) is 9.23. The van der Waals surface area contributed by atoms with Gasteiger partial charge in [0.2, 0.25) is 5.91 Å². The maximum absolute atomic E-state index is 13.4. The van der Waals surface area contributed by atoms with E-state index < -0.39 is 11.6 Å². The van der Waals surface area contributed by atoms with Crippen LogP contribution < -0.4 is 10.1 Å². The minimum absolute atomic E-state index is 0.143. The predicted molar refractivity (Wildman–Crippen MR) is 60.3 cm³/mol. The Bertz CT molecular complexity index is 413. The predicted octanol–water partition coefficient (Wildman–Crippen LogP) is 1.87. The summed E-state index contributed by atoms with van der Waals surface area (Å²) in [5.74, 6) is -1.84. The summed E-state index contributed by atoms with van der Waals surface area (Å²) >= 11 is 5.27. The number of benzene rings is 1. The van der Waals surface area contributed by atoms with Crippen molar-refractivity contribution >= 4 is 17.5 Å². The third kappa shape index (κ3) is 3.85. The van der Waals surface area contributed by atoms with Gasteiger partial charge in [0.25, 0.3) is 0 Å². The molecule has 1 rings (SSSR count). The number of amides is 1. The largest absolute Gasteiger partial charge is 0.494 e. The van der Waals surface area contributed by atoms with Crippen molar-refractivity contribution < 1.29 is 18.3 Å². The number of alkyl halides is 1. The highest BCUT2D eigenvalue weighted by atomic mass is 35.5. The highest BCUT2D eigenvalue weighted by Gasteiger charge is 2.10. The quantitative estimate of drug-likeness (QED) is 0.824. The zero-order chi connectivity index (χ0) is 12.8. The fourth-order valence-corrected chi connectivity index (χ4v) is 1.40. The summed E-state index contributed by atoms with van der Waals surface area (Å²) in [5, 5.41) is 2.46. The Morgan fingerprint density at radius 2 is 2.12 bits per heavy atom. The Hall–Kier alpha value is -1.36. The number of methoxy groups -OCH3 is 1. The normalized spacial score (nSPS) is 10.1. The van der Waals surface area contributed by atoms with Crippen LogP contribution in [0.5, 0.6) is 5.75 Å². The first-order chi connectivity index (χ1) is 8.08. The molecular weight excluding hydrogens is 252 g/mol. The van der Waals surface area contributed by atoms with Gasteiger partial charge in [0.15, 0.2) is 11.6 Å². The van der Waals surface area contributed by atoms with Gasteiger partial charge in [-0.25, -0.2) is 8.78 Å². The molecule has 1 amide bonds. The Labute approximate surface area is 103 Å². The Balaban J connectivity index is 2.65. The van der Waals surface area contributed by atoms with Crippen LogP contribution in [0.15, 0.2) is 12.1 Å². The second kappa shape index (κ2) is 6.39. The van der Waals surface area contributed by atoms with Gasteiger partial charge in [0, 0.05) is 12.6 Å². The van der Waals surface area contributed by atoms with E-state index in [9.17, 15) is 13.6 Å². The van der Waals surface area contributed by atoms with Crippen LogP contribution in [0, 0.1) is 11.6 Å². The smallest absolute Gasteiger partial charge is 0.234 e. The van der Waals surface area contributed by atoms with E-state index in [-0.39, 0.29) is 36.1 Å². The van der Waals surface area contributed by atoms with E-state index in [0.717, 1.165) is 12.1 Å². The van der Waals surface area contributed by atoms with Crippen molar-refractivity contribution in [3.63, 3.8) is 0 Å². The van der Waals surface area contributed by atoms with Crippen LogP contribution in [0.3, 0.4) is 0 Å². The van der Waals surface area contributed by atoms with Crippen molar-refractivity contribution in [1.29, 1.82) is 0 Å². The molecule has 0 bridgehead atoms. The average molecular weight is 264 g/mol. The minimum atomic E-state index is -0.632. The number of rotatable bonds is 5. The first-order valence-corrected chi connectivity index (χ1v) is 5.46. The zero-order valence-corrected chi connectivity index (χ0v) is 9.98. The fraction of sp³-hybridized carbons (Fsp3) is 0.364. The van der Waals surface area contributed by atoms with E-state index in [1.165, 1.54) is 7.11 Å². The van der Waals surface area contributed by atoms with Gasteiger partial charge in [0.1, 0.15) is 11.7 Å². The third-order valence-corrected chi connectivity index (χ3v) is 2.40. The van der Waals surface area contributed by atoms with Crippen LogP contribution in [-0.4, -0.2) is 25.4 Å². The molecule has 0 aliphatic carbocycles. The second-order valence-electron chi connectivity index (χ2n) is 3.31. The van der Waals surface area contributed by atoms with Gasteiger partial charge >= 0.3 is 0 Å². The summed E-state index contributed by atoms with van der Waals surface area (Å²) in [6.45, 7) is 0.203. The highest BCUT2D eigenvalue weighted by Crippen LogP contribution is 2.21. The molecular formula is C11H12ClF2NO2. The number of carbonyl (C=O) groups excluding carboxylic acids is 1. The van der Waals surface area contributed by atoms with Gasteiger partial charge < -0.3 is 10.1 Å². The molecule has 0 radical (unpaired) electrons.